The van der Waals surface area contributed by atoms with E-state index in [0.717, 1.165) is 24.4 Å². The highest BCUT2D eigenvalue weighted by Gasteiger charge is 2.17. The first-order valence-electron chi connectivity index (χ1n) is 9.64. The number of carbonyl (C=O) groups excluding carboxylic acids is 1. The van der Waals surface area contributed by atoms with Crippen molar-refractivity contribution in [3.8, 4) is 0 Å². The number of fused-ring (bicyclic) bond motifs is 1. The van der Waals surface area contributed by atoms with Gasteiger partial charge in [0.05, 0.1) is 10.7 Å². The molecule has 2 heterocycles. The van der Waals surface area contributed by atoms with E-state index in [4.69, 9.17) is 9.84 Å². The summed E-state index contributed by atoms with van der Waals surface area (Å²) in [7, 11) is 1.00. The van der Waals surface area contributed by atoms with E-state index in [9.17, 15) is 4.79 Å². The number of ether oxygens (including phenoxy) is 1. The lowest BCUT2D eigenvalue weighted by atomic mass is 9.95. The van der Waals surface area contributed by atoms with E-state index in [0.29, 0.717) is 29.1 Å². The molecule has 0 bridgehead atoms. The fourth-order valence-corrected chi connectivity index (χ4v) is 3.36. The van der Waals surface area contributed by atoms with Crippen LogP contribution in [0.4, 0.5) is 16.4 Å². The molecule has 1 fully saturated rings. The van der Waals surface area contributed by atoms with E-state index in [1.807, 2.05) is 0 Å². The number of carbonyl (C=O) groups is 1. The molecule has 1 saturated carbocycles. The third-order valence-electron chi connectivity index (χ3n) is 4.31. The number of halogens is 1. The number of hydrogen-bond acceptors (Lipinski definition) is 6. The van der Waals surface area contributed by atoms with Crippen molar-refractivity contribution in [2.75, 3.05) is 17.7 Å². The predicted molar refractivity (Wildman–Crippen MR) is 125 cm³/mol. The van der Waals surface area contributed by atoms with Gasteiger partial charge < -0.3 is 15.2 Å². The molecular weight excluding hydrogens is 450 g/mol. The van der Waals surface area contributed by atoms with Crippen LogP contribution in [0.1, 0.15) is 39.0 Å². The topological polar surface area (TPSA) is 101 Å². The van der Waals surface area contributed by atoms with Gasteiger partial charge in [-0.15, -0.1) is 13.2 Å². The highest BCUT2D eigenvalue weighted by molar-refractivity contribution is 9.10. The van der Waals surface area contributed by atoms with E-state index in [1.54, 1.807) is 29.8 Å². The summed E-state index contributed by atoms with van der Waals surface area (Å²) in [5.41, 5.74) is 0.621. The molecule has 0 spiro atoms. The third kappa shape index (κ3) is 7.00. The third-order valence-corrected chi connectivity index (χ3v) is 4.87. The fourth-order valence-electron chi connectivity index (χ4n) is 3.01. The van der Waals surface area contributed by atoms with Gasteiger partial charge >= 0.3 is 6.09 Å². The molecule has 164 valence electrons. The Bertz CT molecular complexity index is 860. The highest BCUT2D eigenvalue weighted by Crippen LogP contribution is 2.25. The minimum Gasteiger partial charge on any atom is -0.410 e. The Balaban J connectivity index is 0.00000106. The molecule has 1 aliphatic rings. The van der Waals surface area contributed by atoms with E-state index < -0.39 is 6.09 Å². The maximum absolute atomic E-state index is 12.2. The molecule has 2 aromatic heterocycles. The Hall–Kier alpha value is -2.65. The lowest BCUT2D eigenvalue weighted by molar-refractivity contribution is 0.194. The maximum Gasteiger partial charge on any atom is 0.418 e. The van der Waals surface area contributed by atoms with Gasteiger partial charge in [0.15, 0.2) is 5.65 Å². The van der Waals surface area contributed by atoms with Gasteiger partial charge in [-0.2, -0.15) is 9.61 Å². The average Bonchev–Trinajstić information content (AvgIpc) is 3.16. The number of aromatic nitrogens is 3. The first-order valence-corrected chi connectivity index (χ1v) is 10.4. The number of allylic oxidation sites excluding steroid dienone is 2. The number of nitrogens with one attached hydrogen (secondary N) is 2. The second kappa shape index (κ2) is 13.6. The molecule has 2 aromatic rings. The second-order valence-corrected chi connectivity index (χ2v) is 7.00. The predicted octanol–water partition coefficient (Wildman–Crippen LogP) is 5.29. The Morgan fingerprint density at radius 1 is 1.33 bits per heavy atom. The van der Waals surface area contributed by atoms with Crippen LogP contribution in [-0.2, 0) is 4.74 Å². The molecule has 0 radical (unpaired) electrons. The molecule has 0 unspecified atom stereocenters. The minimum absolute atomic E-state index is 0.384. The van der Waals surface area contributed by atoms with Crippen molar-refractivity contribution in [1.82, 2.24) is 14.6 Å². The molecule has 30 heavy (non-hydrogen) atoms. The van der Waals surface area contributed by atoms with Crippen LogP contribution in [0.2, 0.25) is 0 Å². The molecular formula is C21H30BrN5O3. The Kier molecular flexibility index (Phi) is 11.5. The molecule has 9 heteroatoms. The number of aliphatic hydroxyl groups excluding tert-OH is 1. The monoisotopic (exact) mass is 479 g/mol. The zero-order valence-electron chi connectivity index (χ0n) is 17.5. The minimum atomic E-state index is -0.610. The summed E-state index contributed by atoms with van der Waals surface area (Å²) < 4.78 is 7.51. The zero-order valence-corrected chi connectivity index (χ0v) is 19.1. The van der Waals surface area contributed by atoms with Crippen LogP contribution in [-0.4, -0.2) is 38.9 Å². The highest BCUT2D eigenvalue weighted by atomic mass is 79.9. The summed E-state index contributed by atoms with van der Waals surface area (Å²) in [5.74, 6) is 1.56. The van der Waals surface area contributed by atoms with Gasteiger partial charge in [-0.3, -0.25) is 5.32 Å². The van der Waals surface area contributed by atoms with Crippen molar-refractivity contribution < 1.29 is 14.6 Å². The van der Waals surface area contributed by atoms with Gasteiger partial charge in [-0.1, -0.05) is 25.8 Å². The van der Waals surface area contributed by atoms with Crippen molar-refractivity contribution in [2.45, 2.75) is 45.1 Å². The van der Waals surface area contributed by atoms with Crippen LogP contribution < -0.4 is 10.6 Å². The largest absolute Gasteiger partial charge is 0.418 e. The van der Waals surface area contributed by atoms with Crippen LogP contribution in [0.25, 0.3) is 5.65 Å². The van der Waals surface area contributed by atoms with Crippen LogP contribution in [0.3, 0.4) is 0 Å². The molecule has 0 aliphatic heterocycles. The summed E-state index contributed by atoms with van der Waals surface area (Å²) >= 11 is 3.45. The SMILES string of the molecule is C=C.C=C/C(=C\C)OC(=O)Nc1cc(NC2CCCCC2)nc2c(Br)cnn12.CO. The van der Waals surface area contributed by atoms with Crippen molar-refractivity contribution in [3.05, 3.63) is 54.4 Å². The van der Waals surface area contributed by atoms with Crippen molar-refractivity contribution in [2.24, 2.45) is 0 Å². The van der Waals surface area contributed by atoms with Gasteiger partial charge in [0.1, 0.15) is 17.4 Å². The van der Waals surface area contributed by atoms with Gasteiger partial charge in [-0.05, 0) is 47.8 Å². The van der Waals surface area contributed by atoms with Gasteiger partial charge in [0.2, 0.25) is 0 Å². The van der Waals surface area contributed by atoms with Crippen molar-refractivity contribution >= 4 is 39.3 Å². The van der Waals surface area contributed by atoms with Crippen LogP contribution in [0.5, 0.6) is 0 Å². The molecule has 0 saturated heterocycles. The van der Waals surface area contributed by atoms with Gasteiger partial charge in [0.25, 0.3) is 0 Å². The number of nitrogens with zero attached hydrogens (tertiary/aromatic N) is 3. The van der Waals surface area contributed by atoms with Crippen LogP contribution in [0.15, 0.2) is 54.4 Å². The number of hydrogen-bond donors (Lipinski definition) is 3. The second-order valence-electron chi connectivity index (χ2n) is 6.14. The molecule has 1 aliphatic carbocycles. The van der Waals surface area contributed by atoms with E-state index in [2.05, 4.69) is 56.4 Å². The Morgan fingerprint density at radius 2 is 2.00 bits per heavy atom. The zero-order chi connectivity index (χ0) is 22.5. The fraction of sp³-hybridized carbons (Fsp3) is 0.381. The van der Waals surface area contributed by atoms with E-state index >= 15 is 0 Å². The van der Waals surface area contributed by atoms with Crippen LogP contribution >= 0.6 is 15.9 Å². The van der Waals surface area contributed by atoms with Crippen molar-refractivity contribution in [1.29, 1.82) is 0 Å². The van der Waals surface area contributed by atoms with E-state index in [1.165, 1.54) is 25.3 Å². The number of aliphatic hydroxyl groups is 1. The summed E-state index contributed by atoms with van der Waals surface area (Å²) in [6.07, 6.45) is 10.2. The van der Waals surface area contributed by atoms with Crippen molar-refractivity contribution in [3.63, 3.8) is 0 Å². The lowest BCUT2D eigenvalue weighted by Gasteiger charge is -2.23. The maximum atomic E-state index is 12.2. The van der Waals surface area contributed by atoms with E-state index in [-0.39, 0.29) is 0 Å². The Labute approximate surface area is 185 Å². The summed E-state index contributed by atoms with van der Waals surface area (Å²) in [4.78, 5) is 16.8. The lowest BCUT2D eigenvalue weighted by Crippen LogP contribution is -2.23. The quantitative estimate of drug-likeness (QED) is 0.306. The average molecular weight is 480 g/mol. The first kappa shape index (κ1) is 25.4. The summed E-state index contributed by atoms with van der Waals surface area (Å²) in [5, 5.41) is 17.5. The normalized spacial score (nSPS) is 13.9. The number of anilines is 2. The standard InChI is InChI=1S/C18H22BrN5O2.C2H4.CH4O/c1-3-13(4-2)26-18(25)23-16-10-15(21-12-8-6-5-7-9-12)22-17-14(19)11-20-24(16)17;2*1-2/h3-4,10-12H,1,5-9H2,2H3,(H,21,22)(H,23,25);1-2H2;2H,1H3/b13-4+;;. The smallest absolute Gasteiger partial charge is 0.410 e. The molecule has 3 rings (SSSR count). The molecule has 8 nitrogen and oxygen atoms in total. The number of amides is 1. The molecule has 3 N–H and O–H groups in total. The summed E-state index contributed by atoms with van der Waals surface area (Å²) in [6.45, 7) is 11.4. The Morgan fingerprint density at radius 3 is 2.60 bits per heavy atom. The van der Waals surface area contributed by atoms with Crippen LogP contribution in [0, 0.1) is 0 Å². The molecule has 0 atom stereocenters. The molecule has 0 aromatic carbocycles. The van der Waals surface area contributed by atoms with Gasteiger partial charge in [-0.25, -0.2) is 9.78 Å². The first-order chi connectivity index (χ1) is 14.6. The number of rotatable bonds is 5. The van der Waals surface area contributed by atoms with Gasteiger partial charge in [0, 0.05) is 19.2 Å². The summed E-state index contributed by atoms with van der Waals surface area (Å²) in [6, 6.07) is 2.17. The molecule has 1 amide bonds.